The molecule has 0 radical (unpaired) electrons. The first-order valence-electron chi connectivity index (χ1n) is 3.59. The number of carbonyl (C=O) groups is 2. The van der Waals surface area contributed by atoms with E-state index < -0.39 is 30.4 Å². The topological polar surface area (TPSA) is 94.8 Å². The summed E-state index contributed by atoms with van der Waals surface area (Å²) in [6.07, 6.45) is -2.97. The molecule has 0 amide bonds. The molecular weight excluding hydrogens is 164 g/mol. The minimum absolute atomic E-state index is 0.114. The van der Waals surface area contributed by atoms with Crippen LogP contribution < -0.4 is 0 Å². The molecule has 0 aromatic heterocycles. The molecule has 0 saturated heterocycles. The van der Waals surface area contributed by atoms with Gasteiger partial charge in [0.1, 0.15) is 12.2 Å². The number of hydrogen-bond donors (Lipinski definition) is 3. The second-order valence-electron chi connectivity index (χ2n) is 2.35. The third-order valence-electron chi connectivity index (χ3n) is 1.41. The van der Waals surface area contributed by atoms with Gasteiger partial charge >= 0.3 is 0 Å². The van der Waals surface area contributed by atoms with Crippen LogP contribution in [-0.2, 0) is 9.59 Å². The Hall–Kier alpha value is -0.780. The van der Waals surface area contributed by atoms with E-state index >= 15 is 0 Å². The Morgan fingerprint density at radius 2 is 1.58 bits per heavy atom. The van der Waals surface area contributed by atoms with Crippen LogP contribution in [0.4, 0.5) is 0 Å². The quantitative estimate of drug-likeness (QED) is 0.432. The zero-order chi connectivity index (χ0) is 9.72. The van der Waals surface area contributed by atoms with Gasteiger partial charge in [-0.25, -0.2) is 0 Å². The first-order chi connectivity index (χ1) is 5.54. The van der Waals surface area contributed by atoms with Gasteiger partial charge in [0.2, 0.25) is 11.6 Å². The molecule has 0 bridgehead atoms. The molecule has 2 atom stereocenters. The van der Waals surface area contributed by atoms with Crippen molar-refractivity contribution in [2.45, 2.75) is 25.6 Å². The minimum Gasteiger partial charge on any atom is -0.393 e. The van der Waals surface area contributed by atoms with E-state index in [1.54, 1.807) is 0 Å². The van der Waals surface area contributed by atoms with Crippen molar-refractivity contribution in [2.24, 2.45) is 0 Å². The van der Waals surface area contributed by atoms with Crippen molar-refractivity contribution in [2.75, 3.05) is 6.61 Å². The van der Waals surface area contributed by atoms with Gasteiger partial charge in [0.05, 0.1) is 6.61 Å². The Morgan fingerprint density at radius 1 is 1.17 bits per heavy atom. The van der Waals surface area contributed by atoms with Crippen molar-refractivity contribution in [3.05, 3.63) is 0 Å². The van der Waals surface area contributed by atoms with Crippen molar-refractivity contribution in [1.82, 2.24) is 0 Å². The van der Waals surface area contributed by atoms with Crippen LogP contribution in [0.15, 0.2) is 0 Å². The summed E-state index contributed by atoms with van der Waals surface area (Å²) < 4.78 is 0. The fraction of sp³-hybridized carbons (Fsp3) is 0.714. The lowest BCUT2D eigenvalue weighted by Gasteiger charge is -2.07. The average molecular weight is 176 g/mol. The summed E-state index contributed by atoms with van der Waals surface area (Å²) in [5, 5.41) is 25.9. The molecular formula is C7H12O5. The number of Topliss-reactive ketones (excluding diaryl/α,β-unsaturated/α-hetero) is 2. The van der Waals surface area contributed by atoms with Gasteiger partial charge in [-0.05, 0) is 6.42 Å². The van der Waals surface area contributed by atoms with E-state index in [0.29, 0.717) is 0 Å². The van der Waals surface area contributed by atoms with E-state index in [0.717, 1.165) is 0 Å². The lowest BCUT2D eigenvalue weighted by Crippen LogP contribution is -2.37. The van der Waals surface area contributed by atoms with Crippen molar-refractivity contribution in [1.29, 1.82) is 0 Å². The highest BCUT2D eigenvalue weighted by atomic mass is 16.3. The van der Waals surface area contributed by atoms with Gasteiger partial charge in [-0.15, -0.1) is 0 Å². The van der Waals surface area contributed by atoms with E-state index in [-0.39, 0.29) is 6.42 Å². The standard InChI is InChI=1S/C7H12O5/c1-2-4(9)6(11)7(12)5(10)3-8/h4-5,8-10H,2-3H2,1H3/t4?,5-/m1/s1. The second kappa shape index (κ2) is 4.97. The molecule has 3 N–H and O–H groups in total. The number of hydrogen-bond acceptors (Lipinski definition) is 5. The first kappa shape index (κ1) is 11.2. The van der Waals surface area contributed by atoms with Gasteiger partial charge in [-0.3, -0.25) is 9.59 Å². The number of carbonyl (C=O) groups excluding carboxylic acids is 2. The second-order valence-corrected chi connectivity index (χ2v) is 2.35. The number of ketones is 2. The summed E-state index contributed by atoms with van der Waals surface area (Å²) >= 11 is 0. The van der Waals surface area contributed by atoms with E-state index in [1.807, 2.05) is 0 Å². The molecule has 0 aliphatic carbocycles. The lowest BCUT2D eigenvalue weighted by molar-refractivity contribution is -0.147. The van der Waals surface area contributed by atoms with Crippen LogP contribution in [0.1, 0.15) is 13.3 Å². The normalized spacial score (nSPS) is 15.3. The van der Waals surface area contributed by atoms with Crippen LogP contribution in [0.25, 0.3) is 0 Å². The van der Waals surface area contributed by atoms with Crippen molar-refractivity contribution >= 4 is 11.6 Å². The third-order valence-corrected chi connectivity index (χ3v) is 1.41. The Balaban J connectivity index is 4.19. The number of aliphatic hydroxyl groups excluding tert-OH is 3. The Morgan fingerprint density at radius 3 is 1.92 bits per heavy atom. The van der Waals surface area contributed by atoms with Gasteiger partial charge in [-0.2, -0.15) is 0 Å². The molecule has 1 unspecified atom stereocenters. The van der Waals surface area contributed by atoms with Crippen LogP contribution in [0.5, 0.6) is 0 Å². The zero-order valence-corrected chi connectivity index (χ0v) is 6.73. The van der Waals surface area contributed by atoms with Gasteiger partial charge in [0, 0.05) is 0 Å². The highest BCUT2D eigenvalue weighted by Gasteiger charge is 2.26. The zero-order valence-electron chi connectivity index (χ0n) is 6.73. The monoisotopic (exact) mass is 176 g/mol. The number of aliphatic hydroxyl groups is 3. The van der Waals surface area contributed by atoms with Crippen LogP contribution in [-0.4, -0.2) is 45.7 Å². The van der Waals surface area contributed by atoms with Crippen molar-refractivity contribution < 1.29 is 24.9 Å². The van der Waals surface area contributed by atoms with Gasteiger partial charge in [-0.1, -0.05) is 6.92 Å². The Labute approximate surface area is 69.6 Å². The largest absolute Gasteiger partial charge is 0.393 e. The molecule has 0 heterocycles. The molecule has 0 saturated carbocycles. The first-order valence-corrected chi connectivity index (χ1v) is 3.59. The highest BCUT2D eigenvalue weighted by molar-refractivity contribution is 6.40. The third kappa shape index (κ3) is 2.69. The van der Waals surface area contributed by atoms with E-state index in [1.165, 1.54) is 6.92 Å². The predicted molar refractivity (Wildman–Crippen MR) is 39.4 cm³/mol. The maximum atomic E-state index is 10.8. The van der Waals surface area contributed by atoms with E-state index in [9.17, 15) is 9.59 Å². The van der Waals surface area contributed by atoms with E-state index in [2.05, 4.69) is 0 Å². The average Bonchev–Trinajstić information content (AvgIpc) is 2.12. The molecule has 0 rings (SSSR count). The molecule has 70 valence electrons. The molecule has 0 aliphatic heterocycles. The number of rotatable bonds is 5. The summed E-state index contributed by atoms with van der Waals surface area (Å²) in [5.41, 5.74) is 0. The fourth-order valence-electron chi connectivity index (χ4n) is 0.597. The molecule has 0 spiro atoms. The lowest BCUT2D eigenvalue weighted by atomic mass is 10.1. The summed E-state index contributed by atoms with van der Waals surface area (Å²) in [5.74, 6) is -2.20. The molecule has 0 aromatic carbocycles. The van der Waals surface area contributed by atoms with Crippen molar-refractivity contribution in [3.8, 4) is 0 Å². The van der Waals surface area contributed by atoms with Crippen molar-refractivity contribution in [3.63, 3.8) is 0 Å². The Bertz CT molecular complexity index is 157. The smallest absolute Gasteiger partial charge is 0.231 e. The van der Waals surface area contributed by atoms with Gasteiger partial charge in [0.25, 0.3) is 0 Å². The summed E-state index contributed by atoms with van der Waals surface area (Å²) in [4.78, 5) is 21.6. The summed E-state index contributed by atoms with van der Waals surface area (Å²) in [7, 11) is 0. The van der Waals surface area contributed by atoms with E-state index in [4.69, 9.17) is 15.3 Å². The molecule has 5 nitrogen and oxygen atoms in total. The molecule has 5 heteroatoms. The van der Waals surface area contributed by atoms with Crippen LogP contribution in [0, 0.1) is 0 Å². The maximum absolute atomic E-state index is 10.8. The summed E-state index contributed by atoms with van der Waals surface area (Å²) in [6, 6.07) is 0. The van der Waals surface area contributed by atoms with Gasteiger partial charge in [0.15, 0.2) is 0 Å². The van der Waals surface area contributed by atoms with Crippen LogP contribution in [0.3, 0.4) is 0 Å². The Kier molecular flexibility index (Phi) is 4.65. The highest BCUT2D eigenvalue weighted by Crippen LogP contribution is 1.96. The van der Waals surface area contributed by atoms with Crippen LogP contribution in [0.2, 0.25) is 0 Å². The van der Waals surface area contributed by atoms with Gasteiger partial charge < -0.3 is 15.3 Å². The minimum atomic E-state index is -1.71. The molecule has 12 heavy (non-hydrogen) atoms. The molecule has 0 aromatic rings. The SMILES string of the molecule is CCC(O)C(=O)C(=O)[C@H](O)CO. The fourth-order valence-corrected chi connectivity index (χ4v) is 0.597. The predicted octanol–water partition coefficient (Wildman–Crippen LogP) is -1.75. The molecule has 0 fully saturated rings. The maximum Gasteiger partial charge on any atom is 0.231 e. The van der Waals surface area contributed by atoms with Crippen LogP contribution >= 0.6 is 0 Å². The summed E-state index contributed by atoms with van der Waals surface area (Å²) in [6.45, 7) is 0.724. The molecule has 0 aliphatic rings.